The number of rotatable bonds is 5. The summed E-state index contributed by atoms with van der Waals surface area (Å²) in [6, 6.07) is 8.10. The van der Waals surface area contributed by atoms with E-state index in [-0.39, 0.29) is 5.91 Å². The number of aliphatic hydroxyl groups is 1. The fourth-order valence-corrected chi connectivity index (χ4v) is 2.58. The number of benzene rings is 1. The van der Waals surface area contributed by atoms with Gasteiger partial charge in [-0.3, -0.25) is 4.79 Å². The average molecular weight is 300 g/mol. The molecular weight excluding hydrogens is 276 g/mol. The summed E-state index contributed by atoms with van der Waals surface area (Å²) in [7, 11) is 1.99. The van der Waals surface area contributed by atoms with Gasteiger partial charge < -0.3 is 14.6 Å². The van der Waals surface area contributed by atoms with Crippen LogP contribution in [-0.4, -0.2) is 39.2 Å². The van der Waals surface area contributed by atoms with E-state index >= 15 is 0 Å². The molecule has 1 aromatic heterocycles. The molecule has 0 atom stereocenters. The van der Waals surface area contributed by atoms with Crippen molar-refractivity contribution < 1.29 is 9.90 Å². The van der Waals surface area contributed by atoms with Crippen molar-refractivity contribution >= 4 is 22.9 Å². The van der Waals surface area contributed by atoms with Gasteiger partial charge in [-0.15, -0.1) is 0 Å². The average Bonchev–Trinajstić information content (AvgIpc) is 2.78. The molecule has 4 heteroatoms. The molecule has 4 nitrogen and oxygen atoms in total. The van der Waals surface area contributed by atoms with Gasteiger partial charge in [-0.25, -0.2) is 0 Å². The first kappa shape index (κ1) is 16.3. The first-order chi connectivity index (χ1) is 10.3. The summed E-state index contributed by atoms with van der Waals surface area (Å²) >= 11 is 0. The van der Waals surface area contributed by atoms with Gasteiger partial charge in [-0.1, -0.05) is 18.2 Å². The van der Waals surface area contributed by atoms with Crippen molar-refractivity contribution in [2.24, 2.45) is 7.05 Å². The van der Waals surface area contributed by atoms with Crippen molar-refractivity contribution in [3.05, 3.63) is 42.1 Å². The normalized spacial score (nSPS) is 12.2. The molecule has 0 aliphatic rings. The third kappa shape index (κ3) is 3.77. The fraction of sp³-hybridized carbons (Fsp3) is 0.389. The minimum atomic E-state index is -0.890. The Morgan fingerprint density at radius 3 is 2.68 bits per heavy atom. The second-order valence-electron chi connectivity index (χ2n) is 6.21. The molecule has 0 saturated carbocycles. The van der Waals surface area contributed by atoms with E-state index < -0.39 is 5.60 Å². The Labute approximate surface area is 131 Å². The summed E-state index contributed by atoms with van der Waals surface area (Å²) in [5, 5.41) is 11.0. The summed E-state index contributed by atoms with van der Waals surface area (Å²) < 4.78 is 2.05. The number of aromatic nitrogens is 1. The Morgan fingerprint density at radius 1 is 1.36 bits per heavy atom. The molecule has 2 aromatic rings. The predicted molar refractivity (Wildman–Crippen MR) is 90.5 cm³/mol. The van der Waals surface area contributed by atoms with E-state index in [4.69, 9.17) is 0 Å². The minimum absolute atomic E-state index is 0.0856. The van der Waals surface area contributed by atoms with Crippen LogP contribution in [-0.2, 0) is 11.8 Å². The second kappa shape index (κ2) is 6.36. The van der Waals surface area contributed by atoms with Gasteiger partial charge in [0, 0.05) is 48.9 Å². The number of likely N-dealkylation sites (N-methyl/N-ethyl adjacent to an activating group) is 1. The van der Waals surface area contributed by atoms with Gasteiger partial charge in [-0.2, -0.15) is 0 Å². The molecule has 1 heterocycles. The standard InChI is InChI=1S/C18H24N2O2/c1-5-20(13-18(2,3)22)17(21)11-10-14-12-19(4)16-9-7-6-8-15(14)16/h6-12,22H,5,13H2,1-4H3. The van der Waals surface area contributed by atoms with Crippen LogP contribution < -0.4 is 0 Å². The first-order valence-corrected chi connectivity index (χ1v) is 7.55. The molecule has 0 aliphatic heterocycles. The third-order valence-corrected chi connectivity index (χ3v) is 3.60. The molecule has 22 heavy (non-hydrogen) atoms. The van der Waals surface area contributed by atoms with Crippen LogP contribution in [0.2, 0.25) is 0 Å². The van der Waals surface area contributed by atoms with Crippen LogP contribution in [0.3, 0.4) is 0 Å². The highest BCUT2D eigenvalue weighted by Gasteiger charge is 2.19. The predicted octanol–water partition coefficient (Wildman–Crippen LogP) is 2.81. The number of para-hydroxylation sites is 1. The van der Waals surface area contributed by atoms with Gasteiger partial charge in [0.2, 0.25) is 5.91 Å². The van der Waals surface area contributed by atoms with E-state index in [1.54, 1.807) is 24.8 Å². The quantitative estimate of drug-likeness (QED) is 0.863. The third-order valence-electron chi connectivity index (χ3n) is 3.60. The molecule has 0 aliphatic carbocycles. The Morgan fingerprint density at radius 2 is 2.05 bits per heavy atom. The Hall–Kier alpha value is -2.07. The van der Waals surface area contributed by atoms with Crippen molar-refractivity contribution in [1.82, 2.24) is 9.47 Å². The van der Waals surface area contributed by atoms with Gasteiger partial charge in [0.25, 0.3) is 0 Å². The SMILES string of the molecule is CCN(CC(C)(C)O)C(=O)C=Cc1cn(C)c2ccccc12. The number of hydrogen-bond donors (Lipinski definition) is 1. The van der Waals surface area contributed by atoms with Gasteiger partial charge in [0.15, 0.2) is 0 Å². The van der Waals surface area contributed by atoms with Gasteiger partial charge >= 0.3 is 0 Å². The number of carbonyl (C=O) groups excluding carboxylic acids is 1. The highest BCUT2D eigenvalue weighted by molar-refractivity contribution is 5.96. The topological polar surface area (TPSA) is 45.5 Å². The summed E-state index contributed by atoms with van der Waals surface area (Å²) in [6.45, 7) is 6.22. The minimum Gasteiger partial charge on any atom is -0.389 e. The number of amides is 1. The molecule has 0 saturated heterocycles. The molecular formula is C18H24N2O2. The Balaban J connectivity index is 2.21. The summed E-state index contributed by atoms with van der Waals surface area (Å²) in [5.41, 5.74) is 1.27. The van der Waals surface area contributed by atoms with E-state index in [9.17, 15) is 9.90 Å². The van der Waals surface area contributed by atoms with Crippen LogP contribution in [0.25, 0.3) is 17.0 Å². The number of nitrogens with zero attached hydrogens (tertiary/aromatic N) is 2. The van der Waals surface area contributed by atoms with Crippen molar-refractivity contribution in [2.45, 2.75) is 26.4 Å². The lowest BCUT2D eigenvalue weighted by Crippen LogP contribution is -2.41. The second-order valence-corrected chi connectivity index (χ2v) is 6.21. The lowest BCUT2D eigenvalue weighted by atomic mass is 10.1. The van der Waals surface area contributed by atoms with Crippen molar-refractivity contribution in [3.8, 4) is 0 Å². The van der Waals surface area contributed by atoms with Crippen LogP contribution in [0, 0.1) is 0 Å². The van der Waals surface area contributed by atoms with E-state index in [1.807, 2.05) is 49.0 Å². The molecule has 0 spiro atoms. The van der Waals surface area contributed by atoms with E-state index in [0.717, 1.165) is 16.5 Å². The zero-order valence-electron chi connectivity index (χ0n) is 13.7. The number of aryl methyl sites for hydroxylation is 1. The van der Waals surface area contributed by atoms with Crippen LogP contribution in [0.5, 0.6) is 0 Å². The van der Waals surface area contributed by atoms with Crippen LogP contribution in [0.15, 0.2) is 36.5 Å². The maximum absolute atomic E-state index is 12.3. The van der Waals surface area contributed by atoms with Crippen molar-refractivity contribution in [2.75, 3.05) is 13.1 Å². The first-order valence-electron chi connectivity index (χ1n) is 7.55. The molecule has 2 rings (SSSR count). The lowest BCUT2D eigenvalue weighted by molar-refractivity contribution is -0.128. The smallest absolute Gasteiger partial charge is 0.246 e. The zero-order chi connectivity index (χ0) is 16.3. The fourth-order valence-electron chi connectivity index (χ4n) is 2.58. The van der Waals surface area contributed by atoms with Crippen LogP contribution in [0.1, 0.15) is 26.3 Å². The van der Waals surface area contributed by atoms with Crippen LogP contribution >= 0.6 is 0 Å². The molecule has 118 valence electrons. The van der Waals surface area contributed by atoms with E-state index in [1.165, 1.54) is 0 Å². The molecule has 0 unspecified atom stereocenters. The highest BCUT2D eigenvalue weighted by Crippen LogP contribution is 2.21. The number of fused-ring (bicyclic) bond motifs is 1. The number of carbonyl (C=O) groups is 1. The van der Waals surface area contributed by atoms with Crippen molar-refractivity contribution in [3.63, 3.8) is 0 Å². The van der Waals surface area contributed by atoms with E-state index in [2.05, 4.69) is 6.07 Å². The lowest BCUT2D eigenvalue weighted by Gasteiger charge is -2.27. The monoisotopic (exact) mass is 300 g/mol. The zero-order valence-corrected chi connectivity index (χ0v) is 13.7. The summed E-state index contributed by atoms with van der Waals surface area (Å²) in [4.78, 5) is 13.9. The van der Waals surface area contributed by atoms with Gasteiger partial charge in [-0.05, 0) is 32.9 Å². The molecule has 1 amide bonds. The van der Waals surface area contributed by atoms with Crippen molar-refractivity contribution in [1.29, 1.82) is 0 Å². The molecule has 0 fully saturated rings. The number of hydrogen-bond acceptors (Lipinski definition) is 2. The molecule has 1 N–H and O–H groups in total. The van der Waals surface area contributed by atoms with E-state index in [0.29, 0.717) is 13.1 Å². The molecule has 0 radical (unpaired) electrons. The van der Waals surface area contributed by atoms with Crippen LogP contribution in [0.4, 0.5) is 0 Å². The van der Waals surface area contributed by atoms with Gasteiger partial charge in [0.05, 0.1) is 5.60 Å². The maximum atomic E-state index is 12.3. The Kier molecular flexibility index (Phi) is 4.71. The summed E-state index contributed by atoms with van der Waals surface area (Å²) in [5.74, 6) is -0.0856. The molecule has 0 bridgehead atoms. The maximum Gasteiger partial charge on any atom is 0.246 e. The molecule has 1 aromatic carbocycles. The highest BCUT2D eigenvalue weighted by atomic mass is 16.3. The largest absolute Gasteiger partial charge is 0.389 e. The van der Waals surface area contributed by atoms with Gasteiger partial charge in [0.1, 0.15) is 0 Å². The summed E-state index contributed by atoms with van der Waals surface area (Å²) in [6.07, 6.45) is 5.44. The Bertz CT molecular complexity index is 693.